The van der Waals surface area contributed by atoms with Crippen molar-refractivity contribution in [3.63, 3.8) is 0 Å². The fourth-order valence-corrected chi connectivity index (χ4v) is 2.81. The Hall–Kier alpha value is -2.89. The van der Waals surface area contributed by atoms with Crippen LogP contribution in [-0.4, -0.2) is 41.7 Å². The number of benzene rings is 1. The van der Waals surface area contributed by atoms with E-state index in [1.165, 1.54) is 7.11 Å². The van der Waals surface area contributed by atoms with E-state index in [9.17, 15) is 9.59 Å². The van der Waals surface area contributed by atoms with Gasteiger partial charge in [0.15, 0.2) is 0 Å². The van der Waals surface area contributed by atoms with Crippen molar-refractivity contribution >= 4 is 29.0 Å². The van der Waals surface area contributed by atoms with Crippen LogP contribution in [0.25, 0.3) is 17.0 Å². The van der Waals surface area contributed by atoms with Crippen LogP contribution in [0.5, 0.6) is 0 Å². The first-order valence-electron chi connectivity index (χ1n) is 9.98. The lowest BCUT2D eigenvalue weighted by molar-refractivity contribution is -0.148. The average Bonchev–Trinajstić information content (AvgIpc) is 2.68. The van der Waals surface area contributed by atoms with Gasteiger partial charge in [-0.3, -0.25) is 9.78 Å². The van der Waals surface area contributed by atoms with Gasteiger partial charge in [-0.2, -0.15) is 0 Å². The Balaban J connectivity index is 2.28. The fraction of sp³-hybridized carbons (Fsp3) is 0.458. The number of carbonyl (C=O) groups is 2. The number of carbonyl (C=O) groups excluding carboxylic acids is 2. The average molecular weight is 413 g/mol. The van der Waals surface area contributed by atoms with Crippen molar-refractivity contribution in [1.29, 1.82) is 0 Å². The minimum Gasteiger partial charge on any atom is -0.468 e. The number of esters is 1. The van der Waals surface area contributed by atoms with Gasteiger partial charge in [-0.15, -0.1) is 0 Å². The standard InChI is InChI=1S/C24H32N2O4/c1-16(26(7)22(28)30-23(2,3)4)19-12-11-18-10-9-17(15-20(18)25-19)13-14-24(5,6)21(27)29-8/h9-16H,1-8H3/t16-/m1/s1. The fourth-order valence-electron chi connectivity index (χ4n) is 2.81. The largest absolute Gasteiger partial charge is 0.468 e. The van der Waals surface area contributed by atoms with Crippen molar-refractivity contribution in [3.05, 3.63) is 47.7 Å². The summed E-state index contributed by atoms with van der Waals surface area (Å²) in [6, 6.07) is 9.58. The topological polar surface area (TPSA) is 68.7 Å². The van der Waals surface area contributed by atoms with Gasteiger partial charge in [0.2, 0.25) is 0 Å². The number of fused-ring (bicyclic) bond motifs is 1. The normalized spacial score (nSPS) is 13.3. The summed E-state index contributed by atoms with van der Waals surface area (Å²) in [7, 11) is 3.09. The van der Waals surface area contributed by atoms with Crippen LogP contribution in [0, 0.1) is 5.41 Å². The molecule has 6 heteroatoms. The van der Waals surface area contributed by atoms with Crippen LogP contribution in [0.4, 0.5) is 4.79 Å². The third kappa shape index (κ3) is 5.81. The van der Waals surface area contributed by atoms with Gasteiger partial charge in [0.1, 0.15) is 5.60 Å². The number of aromatic nitrogens is 1. The molecule has 1 aromatic carbocycles. The van der Waals surface area contributed by atoms with Crippen LogP contribution >= 0.6 is 0 Å². The van der Waals surface area contributed by atoms with E-state index in [0.717, 1.165) is 22.2 Å². The molecule has 6 nitrogen and oxygen atoms in total. The van der Waals surface area contributed by atoms with Crippen molar-refractivity contribution in [2.45, 2.75) is 53.2 Å². The smallest absolute Gasteiger partial charge is 0.410 e. The van der Waals surface area contributed by atoms with Crippen LogP contribution < -0.4 is 0 Å². The molecule has 0 fully saturated rings. The Morgan fingerprint density at radius 3 is 2.33 bits per heavy atom. The maximum Gasteiger partial charge on any atom is 0.410 e. The summed E-state index contributed by atoms with van der Waals surface area (Å²) >= 11 is 0. The first-order chi connectivity index (χ1) is 13.8. The molecule has 2 aromatic rings. The molecule has 1 amide bonds. The minimum absolute atomic E-state index is 0.248. The Morgan fingerprint density at radius 2 is 1.73 bits per heavy atom. The maximum atomic E-state index is 12.4. The summed E-state index contributed by atoms with van der Waals surface area (Å²) in [5.74, 6) is -0.293. The highest BCUT2D eigenvalue weighted by atomic mass is 16.6. The molecule has 1 heterocycles. The Labute approximate surface area is 178 Å². The third-order valence-electron chi connectivity index (χ3n) is 4.83. The molecule has 0 aliphatic rings. The zero-order chi connectivity index (χ0) is 22.7. The monoisotopic (exact) mass is 412 g/mol. The molecular weight excluding hydrogens is 380 g/mol. The van der Waals surface area contributed by atoms with Crippen molar-refractivity contribution in [2.24, 2.45) is 5.41 Å². The van der Waals surface area contributed by atoms with Crippen molar-refractivity contribution in [2.75, 3.05) is 14.2 Å². The number of methoxy groups -OCH3 is 1. The summed E-state index contributed by atoms with van der Waals surface area (Å²) in [5, 5.41) is 0.996. The molecule has 0 radical (unpaired) electrons. The van der Waals surface area contributed by atoms with E-state index in [2.05, 4.69) is 0 Å². The van der Waals surface area contributed by atoms with Gasteiger partial charge < -0.3 is 14.4 Å². The zero-order valence-electron chi connectivity index (χ0n) is 19.1. The first-order valence-corrected chi connectivity index (χ1v) is 9.98. The van der Waals surface area contributed by atoms with Gasteiger partial charge in [0.25, 0.3) is 0 Å². The molecule has 2 rings (SSSR count). The quantitative estimate of drug-likeness (QED) is 0.617. The molecule has 0 saturated carbocycles. The zero-order valence-corrected chi connectivity index (χ0v) is 19.1. The lowest BCUT2D eigenvalue weighted by Gasteiger charge is -2.28. The van der Waals surface area contributed by atoms with Gasteiger partial charge in [-0.25, -0.2) is 4.79 Å². The number of rotatable bonds is 5. The Bertz CT molecular complexity index is 957. The SMILES string of the molecule is COC(=O)C(C)(C)C=Cc1ccc2ccc([C@@H](C)N(C)C(=O)OC(C)(C)C)nc2c1. The maximum absolute atomic E-state index is 12.4. The number of amides is 1. The molecule has 0 spiro atoms. The third-order valence-corrected chi connectivity index (χ3v) is 4.83. The second-order valence-electron chi connectivity index (χ2n) is 9.00. The molecule has 162 valence electrons. The van der Waals surface area contributed by atoms with Crippen LogP contribution in [0.15, 0.2) is 36.4 Å². The number of ether oxygens (including phenoxy) is 2. The minimum atomic E-state index is -0.719. The van der Waals surface area contributed by atoms with Crippen molar-refractivity contribution in [1.82, 2.24) is 9.88 Å². The summed E-state index contributed by atoms with van der Waals surface area (Å²) in [6.07, 6.45) is 3.32. The predicted octanol–water partition coefficient (Wildman–Crippen LogP) is 5.38. The molecule has 1 aromatic heterocycles. The van der Waals surface area contributed by atoms with Gasteiger partial charge in [-0.1, -0.05) is 30.4 Å². The molecule has 0 bridgehead atoms. The van der Waals surface area contributed by atoms with Gasteiger partial charge in [0.05, 0.1) is 29.8 Å². The highest BCUT2D eigenvalue weighted by molar-refractivity contribution is 5.83. The molecule has 0 aliphatic carbocycles. The van der Waals surface area contributed by atoms with Crippen LogP contribution in [-0.2, 0) is 14.3 Å². The molecule has 0 aliphatic heterocycles. The van der Waals surface area contributed by atoms with Gasteiger partial charge >= 0.3 is 12.1 Å². The summed E-state index contributed by atoms with van der Waals surface area (Å²) in [6.45, 7) is 11.1. The van der Waals surface area contributed by atoms with Crippen LogP contribution in [0.2, 0.25) is 0 Å². The summed E-state index contributed by atoms with van der Waals surface area (Å²) in [5.41, 5.74) is 1.24. The molecule has 1 atom stereocenters. The van der Waals surface area contributed by atoms with Crippen molar-refractivity contribution < 1.29 is 19.1 Å². The van der Waals surface area contributed by atoms with Gasteiger partial charge in [-0.05, 0) is 59.2 Å². The number of hydrogen-bond acceptors (Lipinski definition) is 5. The van der Waals surface area contributed by atoms with E-state index in [4.69, 9.17) is 14.5 Å². The van der Waals surface area contributed by atoms with Crippen LogP contribution in [0.3, 0.4) is 0 Å². The second kappa shape index (κ2) is 8.86. The number of hydrogen-bond donors (Lipinski definition) is 0. The van der Waals surface area contributed by atoms with Crippen LogP contribution in [0.1, 0.15) is 58.8 Å². The van der Waals surface area contributed by atoms with E-state index in [0.29, 0.717) is 0 Å². The number of pyridine rings is 1. The molecule has 0 unspecified atom stereocenters. The van der Waals surface area contributed by atoms with E-state index in [1.807, 2.05) is 70.2 Å². The highest BCUT2D eigenvalue weighted by Gasteiger charge is 2.26. The second-order valence-corrected chi connectivity index (χ2v) is 9.00. The molecule has 0 N–H and O–H groups in total. The summed E-state index contributed by atoms with van der Waals surface area (Å²) in [4.78, 5) is 30.5. The summed E-state index contributed by atoms with van der Waals surface area (Å²) < 4.78 is 10.3. The predicted molar refractivity (Wildman–Crippen MR) is 119 cm³/mol. The lowest BCUT2D eigenvalue weighted by Crippen LogP contribution is -2.36. The van der Waals surface area contributed by atoms with Gasteiger partial charge in [0, 0.05) is 12.4 Å². The first kappa shape index (κ1) is 23.4. The Morgan fingerprint density at radius 1 is 1.10 bits per heavy atom. The number of nitrogens with zero attached hydrogens (tertiary/aromatic N) is 2. The van der Waals surface area contributed by atoms with E-state index in [1.54, 1.807) is 25.8 Å². The van der Waals surface area contributed by atoms with E-state index in [-0.39, 0.29) is 12.0 Å². The van der Waals surface area contributed by atoms with E-state index >= 15 is 0 Å². The molecule has 0 saturated heterocycles. The Kier molecular flexibility index (Phi) is 6.91. The molecular formula is C24H32N2O4. The lowest BCUT2D eigenvalue weighted by atomic mass is 9.92. The molecule has 30 heavy (non-hydrogen) atoms. The highest BCUT2D eigenvalue weighted by Crippen LogP contribution is 2.25. The van der Waals surface area contributed by atoms with Crippen molar-refractivity contribution in [3.8, 4) is 0 Å². The van der Waals surface area contributed by atoms with E-state index < -0.39 is 17.1 Å².